The first-order chi connectivity index (χ1) is 9.32. The van der Waals surface area contributed by atoms with E-state index in [0.717, 1.165) is 25.2 Å². The Balaban J connectivity index is 1.95. The number of hydrogen-bond acceptors (Lipinski definition) is 5. The topological polar surface area (TPSA) is 77.8 Å². The Morgan fingerprint density at radius 1 is 1.20 bits per heavy atom. The Morgan fingerprint density at radius 2 is 1.75 bits per heavy atom. The smallest absolute Gasteiger partial charge is 0.175 e. The average molecular weight is 299 g/mol. The maximum atomic E-state index is 11.4. The third kappa shape index (κ3) is 3.79. The van der Waals surface area contributed by atoms with Crippen LogP contribution in [0.5, 0.6) is 0 Å². The van der Waals surface area contributed by atoms with Crippen LogP contribution in [0.4, 0.5) is 0 Å². The molecule has 1 aromatic carbocycles. The molecule has 0 saturated carbocycles. The third-order valence-electron chi connectivity index (χ3n) is 3.84. The fourth-order valence-corrected chi connectivity index (χ4v) is 3.02. The van der Waals surface area contributed by atoms with E-state index in [1.807, 2.05) is 12.1 Å². The first-order valence-corrected chi connectivity index (χ1v) is 8.56. The van der Waals surface area contributed by atoms with Gasteiger partial charge in [0.2, 0.25) is 0 Å². The van der Waals surface area contributed by atoms with Crippen LogP contribution in [0.3, 0.4) is 0 Å². The monoisotopic (exact) mass is 299 g/mol. The molecule has 2 N–H and O–H groups in total. The second-order valence-electron chi connectivity index (χ2n) is 5.57. The minimum atomic E-state index is -3.15. The lowest BCUT2D eigenvalue weighted by Crippen LogP contribution is -2.46. The van der Waals surface area contributed by atoms with Gasteiger partial charge < -0.3 is 10.2 Å². The first-order valence-electron chi connectivity index (χ1n) is 6.67. The fraction of sp³-hybridized carbons (Fsp3) is 0.571. The maximum Gasteiger partial charge on any atom is 0.175 e. The number of rotatable bonds is 4. The summed E-state index contributed by atoms with van der Waals surface area (Å²) in [5, 5.41) is 19.1. The highest BCUT2D eigenvalue weighted by Gasteiger charge is 2.31. The van der Waals surface area contributed by atoms with E-state index in [4.69, 9.17) is 5.11 Å². The molecule has 0 unspecified atom stereocenters. The Bertz CT molecular complexity index is 545. The number of nitrogens with zero attached hydrogens (tertiary/aromatic N) is 1. The molecule has 1 saturated heterocycles. The van der Waals surface area contributed by atoms with E-state index in [-0.39, 0.29) is 6.61 Å². The van der Waals surface area contributed by atoms with Gasteiger partial charge in [0.1, 0.15) is 0 Å². The predicted octanol–water partition coefficient (Wildman–Crippen LogP) is 0.409. The van der Waals surface area contributed by atoms with Gasteiger partial charge in [0, 0.05) is 25.9 Å². The van der Waals surface area contributed by atoms with Crippen LogP contribution in [0.25, 0.3) is 0 Å². The second kappa shape index (κ2) is 5.81. The minimum Gasteiger partial charge on any atom is -0.393 e. The highest BCUT2D eigenvalue weighted by Crippen LogP contribution is 2.23. The summed E-state index contributed by atoms with van der Waals surface area (Å²) in [5.41, 5.74) is 0.114. The Hall–Kier alpha value is -0.950. The predicted molar refractivity (Wildman–Crippen MR) is 76.1 cm³/mol. The van der Waals surface area contributed by atoms with Crippen molar-refractivity contribution in [3.63, 3.8) is 0 Å². The van der Waals surface area contributed by atoms with Gasteiger partial charge in [-0.05, 0) is 30.5 Å². The van der Waals surface area contributed by atoms with Crippen LogP contribution < -0.4 is 0 Å². The number of benzene rings is 1. The van der Waals surface area contributed by atoms with Gasteiger partial charge in [0.15, 0.2) is 9.84 Å². The molecule has 0 atom stereocenters. The maximum absolute atomic E-state index is 11.4. The molecule has 1 aliphatic heterocycles. The van der Waals surface area contributed by atoms with Crippen molar-refractivity contribution in [2.75, 3.05) is 26.0 Å². The SMILES string of the molecule is CS(=O)(=O)c1ccc(CN2CCC(O)(CO)CC2)cc1. The van der Waals surface area contributed by atoms with Gasteiger partial charge in [0.25, 0.3) is 0 Å². The molecular weight excluding hydrogens is 278 g/mol. The highest BCUT2D eigenvalue weighted by atomic mass is 32.2. The van der Waals surface area contributed by atoms with Crippen LogP contribution in [0.15, 0.2) is 29.2 Å². The van der Waals surface area contributed by atoms with E-state index in [2.05, 4.69) is 4.90 Å². The molecule has 0 aromatic heterocycles. The Morgan fingerprint density at radius 3 is 2.20 bits per heavy atom. The van der Waals surface area contributed by atoms with Gasteiger partial charge in [0.05, 0.1) is 17.1 Å². The number of sulfone groups is 1. The molecule has 0 spiro atoms. The van der Waals surface area contributed by atoms with E-state index in [9.17, 15) is 13.5 Å². The van der Waals surface area contributed by atoms with E-state index in [1.165, 1.54) is 6.26 Å². The first kappa shape index (κ1) is 15.4. The lowest BCUT2D eigenvalue weighted by atomic mass is 9.92. The number of aliphatic hydroxyl groups is 2. The molecule has 0 aliphatic carbocycles. The van der Waals surface area contributed by atoms with Crippen molar-refractivity contribution in [1.29, 1.82) is 0 Å². The molecule has 2 rings (SSSR count). The van der Waals surface area contributed by atoms with E-state index >= 15 is 0 Å². The number of likely N-dealkylation sites (tertiary alicyclic amines) is 1. The molecule has 1 aromatic rings. The second-order valence-corrected chi connectivity index (χ2v) is 7.59. The van der Waals surface area contributed by atoms with Crippen molar-refractivity contribution in [3.05, 3.63) is 29.8 Å². The summed E-state index contributed by atoms with van der Waals surface area (Å²) in [6.07, 6.45) is 2.32. The zero-order chi connectivity index (χ0) is 14.8. The lowest BCUT2D eigenvalue weighted by Gasteiger charge is -2.37. The van der Waals surface area contributed by atoms with E-state index in [0.29, 0.717) is 17.7 Å². The largest absolute Gasteiger partial charge is 0.393 e. The Kier molecular flexibility index (Phi) is 4.49. The van der Waals surface area contributed by atoms with Crippen molar-refractivity contribution in [2.45, 2.75) is 29.9 Å². The Labute approximate surface area is 119 Å². The molecule has 20 heavy (non-hydrogen) atoms. The molecule has 1 heterocycles. The number of hydrogen-bond donors (Lipinski definition) is 2. The van der Waals surface area contributed by atoms with Crippen molar-refractivity contribution >= 4 is 9.84 Å². The van der Waals surface area contributed by atoms with Crippen molar-refractivity contribution in [1.82, 2.24) is 4.90 Å². The molecule has 0 bridgehead atoms. The lowest BCUT2D eigenvalue weighted by molar-refractivity contribution is -0.0606. The van der Waals surface area contributed by atoms with Crippen molar-refractivity contribution in [2.24, 2.45) is 0 Å². The van der Waals surface area contributed by atoms with Crippen molar-refractivity contribution < 1.29 is 18.6 Å². The van der Waals surface area contributed by atoms with E-state index in [1.54, 1.807) is 12.1 Å². The number of aliphatic hydroxyl groups excluding tert-OH is 1. The zero-order valence-electron chi connectivity index (χ0n) is 11.6. The molecule has 6 heteroatoms. The average Bonchev–Trinajstić information content (AvgIpc) is 2.41. The van der Waals surface area contributed by atoms with Crippen molar-refractivity contribution in [3.8, 4) is 0 Å². The molecule has 1 fully saturated rings. The summed E-state index contributed by atoms with van der Waals surface area (Å²) in [6, 6.07) is 6.89. The summed E-state index contributed by atoms with van der Waals surface area (Å²) in [7, 11) is -3.15. The summed E-state index contributed by atoms with van der Waals surface area (Å²) in [4.78, 5) is 2.52. The van der Waals surface area contributed by atoms with Gasteiger partial charge in [-0.1, -0.05) is 12.1 Å². The van der Waals surface area contributed by atoms with Gasteiger partial charge in [-0.15, -0.1) is 0 Å². The quantitative estimate of drug-likeness (QED) is 0.842. The summed E-state index contributed by atoms with van der Waals surface area (Å²) < 4.78 is 22.8. The molecule has 0 amide bonds. The van der Waals surface area contributed by atoms with Crippen LogP contribution in [0, 0.1) is 0 Å². The van der Waals surface area contributed by atoms with Crippen LogP contribution in [0.1, 0.15) is 18.4 Å². The van der Waals surface area contributed by atoms with Crippen LogP contribution in [0.2, 0.25) is 0 Å². The van der Waals surface area contributed by atoms with Gasteiger partial charge in [-0.2, -0.15) is 0 Å². The number of piperidine rings is 1. The summed E-state index contributed by atoms with van der Waals surface area (Å²) in [6.45, 7) is 1.99. The fourth-order valence-electron chi connectivity index (χ4n) is 2.39. The van der Waals surface area contributed by atoms with Gasteiger partial charge in [-0.25, -0.2) is 8.42 Å². The van der Waals surface area contributed by atoms with Crippen LogP contribution in [-0.4, -0.2) is 55.1 Å². The zero-order valence-corrected chi connectivity index (χ0v) is 12.4. The van der Waals surface area contributed by atoms with Gasteiger partial charge in [-0.3, -0.25) is 4.90 Å². The van der Waals surface area contributed by atoms with Crippen LogP contribution in [-0.2, 0) is 16.4 Å². The van der Waals surface area contributed by atoms with Crippen LogP contribution >= 0.6 is 0 Å². The molecule has 5 nitrogen and oxygen atoms in total. The highest BCUT2D eigenvalue weighted by molar-refractivity contribution is 7.90. The van der Waals surface area contributed by atoms with Gasteiger partial charge >= 0.3 is 0 Å². The molecule has 0 radical (unpaired) electrons. The normalized spacial score (nSPS) is 19.9. The third-order valence-corrected chi connectivity index (χ3v) is 4.97. The molecular formula is C14H21NO4S. The molecule has 1 aliphatic rings. The summed E-state index contributed by atoms with van der Waals surface area (Å²) >= 11 is 0. The molecule has 112 valence electrons. The standard InChI is InChI=1S/C14H21NO4S/c1-20(18,19)13-4-2-12(3-5-13)10-15-8-6-14(17,11-16)7-9-15/h2-5,16-17H,6-11H2,1H3. The summed E-state index contributed by atoms with van der Waals surface area (Å²) in [5.74, 6) is 0. The minimum absolute atomic E-state index is 0.191. The van der Waals surface area contributed by atoms with E-state index < -0.39 is 15.4 Å².